The van der Waals surface area contributed by atoms with Crippen LogP contribution in [0, 0.1) is 0 Å². The number of nitrogen functional groups attached to an aromatic ring is 1. The number of benzene rings is 1. The maximum atomic E-state index is 10.9. The normalized spacial score (nSPS) is 10.5. The minimum atomic E-state index is -1.01. The van der Waals surface area contributed by atoms with E-state index in [9.17, 15) is 4.79 Å². The maximum Gasteiger partial charge on any atom is 0.335 e. The van der Waals surface area contributed by atoms with E-state index in [1.54, 1.807) is 4.68 Å². The summed E-state index contributed by atoms with van der Waals surface area (Å²) in [6.07, 6.45) is 0.852. The largest absolute Gasteiger partial charge is 0.485 e. The van der Waals surface area contributed by atoms with Gasteiger partial charge in [0, 0.05) is 7.05 Å². The summed E-state index contributed by atoms with van der Waals surface area (Å²) in [6.45, 7) is 2.32. The van der Waals surface area contributed by atoms with Gasteiger partial charge in [0.2, 0.25) is 0 Å². The summed E-state index contributed by atoms with van der Waals surface area (Å²) < 4.78 is 7.35. The molecule has 6 nitrogen and oxygen atoms in total. The second kappa shape index (κ2) is 5.64. The SMILES string of the molecule is CCc1cc(COc2cc(C(=O)O)ccc2N)n(C)n1. The average molecular weight is 275 g/mol. The molecule has 1 aromatic carbocycles. The number of carboxylic acids is 1. The highest BCUT2D eigenvalue weighted by Crippen LogP contribution is 2.24. The summed E-state index contributed by atoms with van der Waals surface area (Å²) >= 11 is 0. The number of ether oxygens (including phenoxy) is 1. The number of anilines is 1. The zero-order chi connectivity index (χ0) is 14.7. The molecule has 2 rings (SSSR count). The van der Waals surface area contributed by atoms with Gasteiger partial charge in [0.15, 0.2) is 0 Å². The van der Waals surface area contributed by atoms with Crippen molar-refractivity contribution in [3.8, 4) is 5.75 Å². The topological polar surface area (TPSA) is 90.4 Å². The van der Waals surface area contributed by atoms with E-state index in [0.29, 0.717) is 11.4 Å². The van der Waals surface area contributed by atoms with Crippen molar-refractivity contribution in [1.82, 2.24) is 9.78 Å². The van der Waals surface area contributed by atoms with Crippen LogP contribution in [0.25, 0.3) is 0 Å². The summed E-state index contributed by atoms with van der Waals surface area (Å²) in [7, 11) is 1.84. The first-order valence-electron chi connectivity index (χ1n) is 6.28. The van der Waals surface area contributed by atoms with E-state index in [1.165, 1.54) is 18.2 Å². The summed E-state index contributed by atoms with van der Waals surface area (Å²) in [4.78, 5) is 10.9. The molecule has 0 aliphatic rings. The number of carbonyl (C=O) groups is 1. The third-order valence-corrected chi connectivity index (χ3v) is 3.03. The van der Waals surface area contributed by atoms with Crippen molar-refractivity contribution in [3.63, 3.8) is 0 Å². The minimum absolute atomic E-state index is 0.147. The van der Waals surface area contributed by atoms with Crippen LogP contribution in [0.5, 0.6) is 5.75 Å². The molecular formula is C14H17N3O3. The molecule has 1 heterocycles. The summed E-state index contributed by atoms with van der Waals surface area (Å²) in [5.74, 6) is -0.646. The van der Waals surface area contributed by atoms with Crippen molar-refractivity contribution < 1.29 is 14.6 Å². The summed E-state index contributed by atoms with van der Waals surface area (Å²) in [5, 5.41) is 13.3. The third kappa shape index (κ3) is 2.90. The molecule has 0 aliphatic heterocycles. The van der Waals surface area contributed by atoms with Gasteiger partial charge in [0.1, 0.15) is 12.4 Å². The van der Waals surface area contributed by atoms with Crippen LogP contribution in [-0.4, -0.2) is 20.9 Å². The predicted molar refractivity (Wildman–Crippen MR) is 74.7 cm³/mol. The van der Waals surface area contributed by atoms with Gasteiger partial charge >= 0.3 is 5.97 Å². The maximum absolute atomic E-state index is 10.9. The van der Waals surface area contributed by atoms with Crippen molar-refractivity contribution in [2.45, 2.75) is 20.0 Å². The highest BCUT2D eigenvalue weighted by Gasteiger charge is 2.09. The third-order valence-electron chi connectivity index (χ3n) is 3.03. The van der Waals surface area contributed by atoms with Crippen LogP contribution in [0.3, 0.4) is 0 Å². The molecule has 3 N–H and O–H groups in total. The molecule has 2 aromatic rings. The molecule has 0 unspecified atom stereocenters. The van der Waals surface area contributed by atoms with Gasteiger partial charge in [0.25, 0.3) is 0 Å². The molecule has 106 valence electrons. The Morgan fingerprint density at radius 1 is 1.45 bits per heavy atom. The van der Waals surface area contributed by atoms with Crippen LogP contribution in [0.2, 0.25) is 0 Å². The fourth-order valence-electron chi connectivity index (χ4n) is 1.82. The summed E-state index contributed by atoms with van der Waals surface area (Å²) in [5.41, 5.74) is 8.23. The van der Waals surface area contributed by atoms with Crippen molar-refractivity contribution in [2.24, 2.45) is 7.05 Å². The lowest BCUT2D eigenvalue weighted by Crippen LogP contribution is -2.05. The lowest BCUT2D eigenvalue weighted by Gasteiger charge is -2.09. The number of nitrogens with two attached hydrogens (primary N) is 1. The standard InChI is InChI=1S/C14H17N3O3/c1-3-10-7-11(17(2)16-10)8-20-13-6-9(14(18)19)4-5-12(13)15/h4-7H,3,8,15H2,1-2H3,(H,18,19). The molecule has 0 saturated heterocycles. The average Bonchev–Trinajstić information content (AvgIpc) is 2.78. The first kappa shape index (κ1) is 13.9. The molecule has 0 fully saturated rings. The molecular weight excluding hydrogens is 258 g/mol. The quantitative estimate of drug-likeness (QED) is 0.812. The molecule has 0 atom stereocenters. The number of rotatable bonds is 5. The number of aromatic nitrogens is 2. The molecule has 1 aromatic heterocycles. The first-order valence-corrected chi connectivity index (χ1v) is 6.28. The van der Waals surface area contributed by atoms with Gasteiger partial charge < -0.3 is 15.6 Å². The predicted octanol–water partition coefficient (Wildman–Crippen LogP) is 1.84. The Bertz CT molecular complexity index is 635. The monoisotopic (exact) mass is 275 g/mol. The van der Waals surface area contributed by atoms with Crippen LogP contribution >= 0.6 is 0 Å². The van der Waals surface area contributed by atoms with Crippen LogP contribution in [-0.2, 0) is 20.1 Å². The Hall–Kier alpha value is -2.50. The number of aryl methyl sites for hydroxylation is 2. The highest BCUT2D eigenvalue weighted by molar-refractivity contribution is 5.89. The molecule has 6 heteroatoms. The minimum Gasteiger partial charge on any atom is -0.485 e. The Labute approximate surface area is 116 Å². The van der Waals surface area contributed by atoms with Gasteiger partial charge in [-0.1, -0.05) is 6.92 Å². The molecule has 0 bridgehead atoms. The molecule has 0 radical (unpaired) electrons. The fourth-order valence-corrected chi connectivity index (χ4v) is 1.82. The smallest absolute Gasteiger partial charge is 0.335 e. The van der Waals surface area contributed by atoms with Gasteiger partial charge in [-0.2, -0.15) is 5.10 Å². The van der Waals surface area contributed by atoms with E-state index in [1.807, 2.05) is 20.0 Å². The lowest BCUT2D eigenvalue weighted by atomic mass is 10.2. The van der Waals surface area contributed by atoms with Gasteiger partial charge in [-0.05, 0) is 30.7 Å². The van der Waals surface area contributed by atoms with Crippen molar-refractivity contribution >= 4 is 11.7 Å². The molecule has 0 amide bonds. The van der Waals surface area contributed by atoms with Gasteiger partial charge in [0.05, 0.1) is 22.6 Å². The van der Waals surface area contributed by atoms with Crippen molar-refractivity contribution in [2.75, 3.05) is 5.73 Å². The van der Waals surface area contributed by atoms with E-state index >= 15 is 0 Å². The highest BCUT2D eigenvalue weighted by atomic mass is 16.5. The van der Waals surface area contributed by atoms with E-state index < -0.39 is 5.97 Å². The Balaban J connectivity index is 2.15. The molecule has 20 heavy (non-hydrogen) atoms. The van der Waals surface area contributed by atoms with Crippen LogP contribution < -0.4 is 10.5 Å². The van der Waals surface area contributed by atoms with Crippen LogP contribution in [0.15, 0.2) is 24.3 Å². The Morgan fingerprint density at radius 3 is 2.80 bits per heavy atom. The number of carboxylic acid groups (broad SMARTS) is 1. The number of aromatic carboxylic acids is 1. The van der Waals surface area contributed by atoms with E-state index in [-0.39, 0.29) is 12.2 Å². The van der Waals surface area contributed by atoms with Gasteiger partial charge in [-0.3, -0.25) is 4.68 Å². The Morgan fingerprint density at radius 2 is 2.20 bits per heavy atom. The summed E-state index contributed by atoms with van der Waals surface area (Å²) in [6, 6.07) is 6.36. The molecule has 0 saturated carbocycles. The molecule has 0 aliphatic carbocycles. The zero-order valence-electron chi connectivity index (χ0n) is 11.5. The first-order chi connectivity index (χ1) is 9.51. The Kier molecular flexibility index (Phi) is 3.93. The van der Waals surface area contributed by atoms with Crippen LogP contribution in [0.4, 0.5) is 5.69 Å². The van der Waals surface area contributed by atoms with Crippen molar-refractivity contribution in [1.29, 1.82) is 0 Å². The zero-order valence-corrected chi connectivity index (χ0v) is 11.5. The second-order valence-electron chi connectivity index (χ2n) is 4.45. The van der Waals surface area contributed by atoms with Gasteiger partial charge in [-0.25, -0.2) is 4.79 Å². The van der Waals surface area contributed by atoms with E-state index in [2.05, 4.69) is 5.10 Å². The van der Waals surface area contributed by atoms with E-state index in [0.717, 1.165) is 17.8 Å². The van der Waals surface area contributed by atoms with Gasteiger partial charge in [-0.15, -0.1) is 0 Å². The fraction of sp³-hybridized carbons (Fsp3) is 0.286. The second-order valence-corrected chi connectivity index (χ2v) is 4.45. The lowest BCUT2D eigenvalue weighted by molar-refractivity contribution is 0.0696. The van der Waals surface area contributed by atoms with Crippen LogP contribution in [0.1, 0.15) is 28.7 Å². The molecule has 0 spiro atoms. The number of nitrogens with zero attached hydrogens (tertiary/aromatic N) is 2. The number of hydrogen-bond acceptors (Lipinski definition) is 4. The van der Waals surface area contributed by atoms with Crippen molar-refractivity contribution in [3.05, 3.63) is 41.2 Å². The van der Waals surface area contributed by atoms with E-state index in [4.69, 9.17) is 15.6 Å². The number of hydrogen-bond donors (Lipinski definition) is 2.